The molecule has 1 rings (SSSR count). The summed E-state index contributed by atoms with van der Waals surface area (Å²) >= 11 is 0. The van der Waals surface area contributed by atoms with Gasteiger partial charge in [-0.2, -0.15) is 0 Å². The molecule has 0 radical (unpaired) electrons. The van der Waals surface area contributed by atoms with Gasteiger partial charge in [0.15, 0.2) is 0 Å². The molecule has 0 aliphatic rings. The van der Waals surface area contributed by atoms with Crippen LogP contribution in [0.25, 0.3) is 0 Å². The Balaban J connectivity index is 2.66. The van der Waals surface area contributed by atoms with E-state index in [4.69, 9.17) is 5.11 Å². The fraction of sp³-hybridized carbons (Fsp3) is 0.500. The number of rotatable bonds is 6. The van der Waals surface area contributed by atoms with Gasteiger partial charge < -0.3 is 5.11 Å². The van der Waals surface area contributed by atoms with Gasteiger partial charge >= 0.3 is 5.97 Å². The SMILES string of the molecule is CCCC(C(=O)O)N(C)Cc1ccc(C)cc1. The molecule has 0 saturated carbocycles. The number of nitrogens with zero attached hydrogens (tertiary/aromatic N) is 1. The van der Waals surface area contributed by atoms with Crippen LogP contribution in [0.1, 0.15) is 30.9 Å². The van der Waals surface area contributed by atoms with Crippen molar-refractivity contribution in [3.05, 3.63) is 35.4 Å². The van der Waals surface area contributed by atoms with Crippen molar-refractivity contribution >= 4 is 5.97 Å². The molecule has 0 heterocycles. The number of aryl methyl sites for hydroxylation is 1. The maximum atomic E-state index is 11.1. The molecule has 0 aromatic heterocycles. The van der Waals surface area contributed by atoms with Gasteiger partial charge in [-0.15, -0.1) is 0 Å². The van der Waals surface area contributed by atoms with E-state index >= 15 is 0 Å². The summed E-state index contributed by atoms with van der Waals surface area (Å²) in [5.74, 6) is -0.735. The van der Waals surface area contributed by atoms with Crippen LogP contribution in [-0.2, 0) is 11.3 Å². The largest absolute Gasteiger partial charge is 0.480 e. The number of carboxylic acid groups (broad SMARTS) is 1. The van der Waals surface area contributed by atoms with Crippen molar-refractivity contribution in [2.45, 2.75) is 39.3 Å². The zero-order chi connectivity index (χ0) is 12.8. The van der Waals surface area contributed by atoms with Crippen LogP contribution in [0.3, 0.4) is 0 Å². The summed E-state index contributed by atoms with van der Waals surface area (Å²) in [5, 5.41) is 9.16. The lowest BCUT2D eigenvalue weighted by Gasteiger charge is -2.24. The molecule has 94 valence electrons. The third-order valence-corrected chi connectivity index (χ3v) is 2.93. The van der Waals surface area contributed by atoms with E-state index in [1.54, 1.807) is 0 Å². The second-order valence-corrected chi connectivity index (χ2v) is 4.54. The molecule has 0 saturated heterocycles. The Bertz CT molecular complexity index is 359. The molecule has 3 heteroatoms. The van der Waals surface area contributed by atoms with E-state index in [0.717, 1.165) is 12.0 Å². The van der Waals surface area contributed by atoms with Crippen molar-refractivity contribution in [3.63, 3.8) is 0 Å². The topological polar surface area (TPSA) is 40.5 Å². The molecule has 17 heavy (non-hydrogen) atoms. The summed E-state index contributed by atoms with van der Waals surface area (Å²) < 4.78 is 0. The van der Waals surface area contributed by atoms with E-state index in [-0.39, 0.29) is 6.04 Å². The van der Waals surface area contributed by atoms with E-state index in [1.807, 2.05) is 25.8 Å². The third-order valence-electron chi connectivity index (χ3n) is 2.93. The first-order chi connectivity index (χ1) is 8.04. The van der Waals surface area contributed by atoms with Crippen LogP contribution >= 0.6 is 0 Å². The fourth-order valence-corrected chi connectivity index (χ4v) is 1.90. The molecule has 3 nitrogen and oxygen atoms in total. The van der Waals surface area contributed by atoms with Gasteiger partial charge in [0.2, 0.25) is 0 Å². The quantitative estimate of drug-likeness (QED) is 0.824. The number of carbonyl (C=O) groups is 1. The highest BCUT2D eigenvalue weighted by Gasteiger charge is 2.21. The lowest BCUT2D eigenvalue weighted by Crippen LogP contribution is -2.37. The summed E-state index contributed by atoms with van der Waals surface area (Å²) in [6.07, 6.45) is 1.58. The average molecular weight is 235 g/mol. The van der Waals surface area contributed by atoms with Gasteiger partial charge in [-0.3, -0.25) is 9.69 Å². The highest BCUT2D eigenvalue weighted by molar-refractivity contribution is 5.73. The van der Waals surface area contributed by atoms with Gasteiger partial charge in [0.05, 0.1) is 0 Å². The minimum absolute atomic E-state index is 0.388. The molecule has 1 N–H and O–H groups in total. The molecule has 1 aromatic carbocycles. The predicted molar refractivity (Wildman–Crippen MR) is 69.0 cm³/mol. The fourth-order valence-electron chi connectivity index (χ4n) is 1.90. The standard InChI is InChI=1S/C14H21NO2/c1-4-5-13(14(16)17)15(3)10-12-8-6-11(2)7-9-12/h6-9,13H,4-5,10H2,1-3H3,(H,16,17). The minimum atomic E-state index is -0.735. The number of likely N-dealkylation sites (N-methyl/N-ethyl adjacent to an activating group) is 1. The second kappa shape index (κ2) is 6.40. The van der Waals surface area contributed by atoms with E-state index < -0.39 is 5.97 Å². The van der Waals surface area contributed by atoms with E-state index in [0.29, 0.717) is 13.0 Å². The summed E-state index contributed by atoms with van der Waals surface area (Å²) in [6.45, 7) is 4.73. The van der Waals surface area contributed by atoms with Crippen molar-refractivity contribution in [1.29, 1.82) is 0 Å². The van der Waals surface area contributed by atoms with Crippen LogP contribution in [0.4, 0.5) is 0 Å². The smallest absolute Gasteiger partial charge is 0.320 e. The Hall–Kier alpha value is -1.35. The molecular weight excluding hydrogens is 214 g/mol. The summed E-state index contributed by atoms with van der Waals surface area (Å²) in [4.78, 5) is 13.0. The van der Waals surface area contributed by atoms with Gasteiger partial charge in [0, 0.05) is 6.54 Å². The van der Waals surface area contributed by atoms with Crippen LogP contribution in [-0.4, -0.2) is 29.1 Å². The first-order valence-electron chi connectivity index (χ1n) is 6.03. The zero-order valence-corrected chi connectivity index (χ0v) is 10.8. The van der Waals surface area contributed by atoms with Crippen LogP contribution in [0.15, 0.2) is 24.3 Å². The normalized spacial score (nSPS) is 12.7. The van der Waals surface area contributed by atoms with Crippen LogP contribution < -0.4 is 0 Å². The average Bonchev–Trinajstić information content (AvgIpc) is 2.28. The minimum Gasteiger partial charge on any atom is -0.480 e. The number of benzene rings is 1. The van der Waals surface area contributed by atoms with Crippen molar-refractivity contribution in [3.8, 4) is 0 Å². The van der Waals surface area contributed by atoms with Gasteiger partial charge in [0.25, 0.3) is 0 Å². The Kier molecular flexibility index (Phi) is 5.16. The van der Waals surface area contributed by atoms with Crippen molar-refractivity contribution in [2.75, 3.05) is 7.05 Å². The Labute approximate surface area is 103 Å². The number of hydrogen-bond donors (Lipinski definition) is 1. The van der Waals surface area contributed by atoms with Gasteiger partial charge in [-0.1, -0.05) is 43.2 Å². The zero-order valence-electron chi connectivity index (χ0n) is 10.8. The van der Waals surface area contributed by atoms with Gasteiger partial charge in [-0.05, 0) is 26.0 Å². The van der Waals surface area contributed by atoms with Crippen LogP contribution in [0.5, 0.6) is 0 Å². The van der Waals surface area contributed by atoms with Gasteiger partial charge in [-0.25, -0.2) is 0 Å². The van der Waals surface area contributed by atoms with E-state index in [9.17, 15) is 4.79 Å². The van der Waals surface area contributed by atoms with E-state index in [2.05, 4.69) is 24.3 Å². The molecule has 0 aliphatic heterocycles. The Morgan fingerprint density at radius 3 is 2.41 bits per heavy atom. The first-order valence-corrected chi connectivity index (χ1v) is 6.03. The molecule has 1 atom stereocenters. The second-order valence-electron chi connectivity index (χ2n) is 4.54. The monoisotopic (exact) mass is 235 g/mol. The van der Waals surface area contributed by atoms with Crippen LogP contribution in [0, 0.1) is 6.92 Å². The highest BCUT2D eigenvalue weighted by Crippen LogP contribution is 2.11. The first kappa shape index (κ1) is 13.7. The maximum absolute atomic E-state index is 11.1. The lowest BCUT2D eigenvalue weighted by atomic mass is 10.1. The Morgan fingerprint density at radius 1 is 1.35 bits per heavy atom. The molecule has 0 amide bonds. The van der Waals surface area contributed by atoms with Crippen molar-refractivity contribution < 1.29 is 9.90 Å². The van der Waals surface area contributed by atoms with Crippen LogP contribution in [0.2, 0.25) is 0 Å². The van der Waals surface area contributed by atoms with Crippen molar-refractivity contribution in [2.24, 2.45) is 0 Å². The molecular formula is C14H21NO2. The maximum Gasteiger partial charge on any atom is 0.320 e. The molecule has 1 unspecified atom stereocenters. The summed E-state index contributed by atoms with van der Waals surface area (Å²) in [5.41, 5.74) is 2.38. The summed E-state index contributed by atoms with van der Waals surface area (Å²) in [7, 11) is 1.87. The number of hydrogen-bond acceptors (Lipinski definition) is 2. The van der Waals surface area contributed by atoms with E-state index in [1.165, 1.54) is 5.56 Å². The lowest BCUT2D eigenvalue weighted by molar-refractivity contribution is -0.143. The molecule has 0 spiro atoms. The molecule has 0 fully saturated rings. The molecule has 1 aromatic rings. The summed E-state index contributed by atoms with van der Waals surface area (Å²) in [6, 6.07) is 7.83. The number of aliphatic carboxylic acids is 1. The number of carboxylic acids is 1. The Morgan fingerprint density at radius 2 is 1.94 bits per heavy atom. The predicted octanol–water partition coefficient (Wildman–Crippen LogP) is 2.68. The third kappa shape index (κ3) is 4.19. The molecule has 0 bridgehead atoms. The molecule has 0 aliphatic carbocycles. The highest BCUT2D eigenvalue weighted by atomic mass is 16.4. The van der Waals surface area contributed by atoms with Crippen molar-refractivity contribution in [1.82, 2.24) is 4.90 Å². The van der Waals surface area contributed by atoms with Gasteiger partial charge in [0.1, 0.15) is 6.04 Å².